The Balaban J connectivity index is 1.52. The van der Waals surface area contributed by atoms with Gasteiger partial charge in [-0.15, -0.1) is 0 Å². The van der Waals surface area contributed by atoms with E-state index in [0.29, 0.717) is 22.1 Å². The highest BCUT2D eigenvalue weighted by Crippen LogP contribution is 2.41. The summed E-state index contributed by atoms with van der Waals surface area (Å²) in [5.41, 5.74) is 5.33. The molecular formula is C30H29ClN4O6. The lowest BCUT2D eigenvalue weighted by atomic mass is 9.85. The molecule has 0 bridgehead atoms. The van der Waals surface area contributed by atoms with Crippen molar-refractivity contribution in [3.8, 4) is 5.75 Å². The zero-order valence-corrected chi connectivity index (χ0v) is 23.9. The minimum Gasteiger partial charge on any atom is -0.497 e. The molecule has 1 aromatic heterocycles. The Morgan fingerprint density at radius 2 is 1.78 bits per heavy atom. The molecule has 10 nitrogen and oxygen atoms in total. The molecule has 3 aromatic carbocycles. The second-order valence-corrected chi connectivity index (χ2v) is 11.4. The average molecular weight is 577 g/mol. The van der Waals surface area contributed by atoms with Crippen molar-refractivity contribution >= 4 is 46.2 Å². The second-order valence-electron chi connectivity index (χ2n) is 11.0. The van der Waals surface area contributed by atoms with Crippen LogP contribution in [0.15, 0.2) is 56.5 Å². The van der Waals surface area contributed by atoms with E-state index in [2.05, 4.69) is 10.6 Å². The van der Waals surface area contributed by atoms with Crippen LogP contribution in [-0.4, -0.2) is 18.9 Å². The summed E-state index contributed by atoms with van der Waals surface area (Å²) in [7, 11) is 1.47. The summed E-state index contributed by atoms with van der Waals surface area (Å²) in [6.07, 6.45) is 0. The predicted octanol–water partition coefficient (Wildman–Crippen LogP) is 5.05. The molecule has 41 heavy (non-hydrogen) atoms. The van der Waals surface area contributed by atoms with E-state index in [4.69, 9.17) is 26.5 Å². The summed E-state index contributed by atoms with van der Waals surface area (Å²) < 4.78 is 11.1. The van der Waals surface area contributed by atoms with Crippen LogP contribution >= 0.6 is 11.6 Å². The van der Waals surface area contributed by atoms with Crippen LogP contribution in [-0.2, 0) is 6.54 Å². The zero-order chi connectivity index (χ0) is 29.8. The molecule has 0 spiro atoms. The average Bonchev–Trinajstić information content (AvgIpc) is 3.51. The third-order valence-corrected chi connectivity index (χ3v) is 7.52. The predicted molar refractivity (Wildman–Crippen MR) is 157 cm³/mol. The number of nitrogens with one attached hydrogen (secondary N) is 2. The number of nitrogens with zero attached hydrogens (tertiary/aromatic N) is 1. The van der Waals surface area contributed by atoms with Crippen LogP contribution in [0.5, 0.6) is 5.75 Å². The Kier molecular flexibility index (Phi) is 6.90. The van der Waals surface area contributed by atoms with Crippen molar-refractivity contribution in [1.29, 1.82) is 0 Å². The monoisotopic (exact) mass is 576 g/mol. The van der Waals surface area contributed by atoms with Crippen molar-refractivity contribution in [2.45, 2.75) is 40.3 Å². The number of benzene rings is 2. The van der Waals surface area contributed by atoms with Crippen molar-refractivity contribution < 1.29 is 18.7 Å². The molecule has 4 aromatic rings. The minimum absolute atomic E-state index is 0.0301. The lowest BCUT2D eigenvalue weighted by Gasteiger charge is -2.31. The fraction of sp³-hybridized carbons (Fsp3) is 0.267. The van der Waals surface area contributed by atoms with E-state index in [0.717, 1.165) is 5.76 Å². The van der Waals surface area contributed by atoms with Gasteiger partial charge in [-0.3, -0.25) is 19.2 Å². The number of methoxy groups -OCH3 is 1. The Bertz CT molecular complexity index is 1780. The molecule has 1 aliphatic rings. The molecule has 11 heteroatoms. The van der Waals surface area contributed by atoms with E-state index < -0.39 is 28.7 Å². The quantitative estimate of drug-likeness (QED) is 0.247. The number of amides is 2. The normalized spacial score (nSPS) is 13.8. The van der Waals surface area contributed by atoms with Crippen LogP contribution in [0.2, 0.25) is 5.02 Å². The van der Waals surface area contributed by atoms with Gasteiger partial charge < -0.3 is 30.4 Å². The highest BCUT2D eigenvalue weighted by atomic mass is 35.5. The van der Waals surface area contributed by atoms with Crippen molar-refractivity contribution in [3.63, 3.8) is 0 Å². The van der Waals surface area contributed by atoms with E-state index >= 15 is 0 Å². The van der Waals surface area contributed by atoms with Crippen LogP contribution in [0.25, 0.3) is 0 Å². The SMILES string of the molecule is COc1ccc(C(N)=O)c(N2Cc3c(Cl)ccc(Nc4c(N[C@@H](c5ccc(C)o5)C(C)(C)C)c(=O)c4=O)c3C2=O)c1. The van der Waals surface area contributed by atoms with Gasteiger partial charge in [-0.2, -0.15) is 0 Å². The number of fused-ring (bicyclic) bond motifs is 1. The van der Waals surface area contributed by atoms with Gasteiger partial charge in [0.05, 0.1) is 42.2 Å². The van der Waals surface area contributed by atoms with E-state index in [1.54, 1.807) is 24.3 Å². The number of carbonyl (C=O) groups excluding carboxylic acids is 2. The number of nitrogens with two attached hydrogens (primary N) is 1. The number of furan rings is 1. The number of hydrogen-bond acceptors (Lipinski definition) is 8. The summed E-state index contributed by atoms with van der Waals surface area (Å²) in [4.78, 5) is 52.8. The maximum absolute atomic E-state index is 13.8. The summed E-state index contributed by atoms with van der Waals surface area (Å²) >= 11 is 6.50. The number of ether oxygens (including phenoxy) is 1. The molecule has 1 aliphatic heterocycles. The van der Waals surface area contributed by atoms with Crippen molar-refractivity contribution in [3.05, 3.63) is 96.1 Å². The number of halogens is 1. The van der Waals surface area contributed by atoms with Crippen molar-refractivity contribution in [2.75, 3.05) is 22.6 Å². The van der Waals surface area contributed by atoms with Crippen molar-refractivity contribution in [2.24, 2.45) is 11.1 Å². The first-order chi connectivity index (χ1) is 19.3. The first-order valence-electron chi connectivity index (χ1n) is 12.9. The van der Waals surface area contributed by atoms with Gasteiger partial charge in [-0.05, 0) is 48.7 Å². The summed E-state index contributed by atoms with van der Waals surface area (Å²) in [5.74, 6) is 0.589. The van der Waals surface area contributed by atoms with Gasteiger partial charge in [0.2, 0.25) is 0 Å². The molecule has 0 aliphatic carbocycles. The standard InChI is InChI=1S/C30H29ClN4O6/c1-14-6-11-21(41-14)27(30(2,3)4)34-24-23(25(36)26(24)37)33-19-10-9-18(31)17-13-35(29(39)22(17)19)20-12-15(40-5)7-8-16(20)28(32)38/h6-12,27,33-34H,13H2,1-5H3,(H2,32,38)/t27-/m0/s1. The lowest BCUT2D eigenvalue weighted by molar-refractivity contribution is 0.0996. The number of hydrogen-bond donors (Lipinski definition) is 3. The topological polar surface area (TPSA) is 144 Å². The molecule has 0 saturated carbocycles. The number of primary amides is 1. The second kappa shape index (κ2) is 10.1. The minimum atomic E-state index is -0.717. The molecule has 5 rings (SSSR count). The van der Waals surface area contributed by atoms with E-state index in [-0.39, 0.29) is 45.8 Å². The Morgan fingerprint density at radius 3 is 2.39 bits per heavy atom. The highest BCUT2D eigenvalue weighted by molar-refractivity contribution is 6.33. The third kappa shape index (κ3) is 4.84. The summed E-state index contributed by atoms with van der Waals surface area (Å²) in [6.45, 7) is 7.84. The molecule has 1 atom stereocenters. The van der Waals surface area contributed by atoms with Gasteiger partial charge in [-0.1, -0.05) is 32.4 Å². The van der Waals surface area contributed by atoms with Crippen molar-refractivity contribution in [1.82, 2.24) is 0 Å². The zero-order valence-electron chi connectivity index (χ0n) is 23.2. The number of anilines is 4. The molecule has 0 saturated heterocycles. The summed E-state index contributed by atoms with van der Waals surface area (Å²) in [5, 5.41) is 6.53. The fourth-order valence-electron chi connectivity index (χ4n) is 5.01. The van der Waals surface area contributed by atoms with Crippen LogP contribution in [0, 0.1) is 12.3 Å². The highest BCUT2D eigenvalue weighted by Gasteiger charge is 2.37. The molecule has 2 amide bonds. The van der Waals surface area contributed by atoms with Gasteiger partial charge in [0.25, 0.3) is 22.7 Å². The number of carbonyl (C=O) groups is 2. The molecule has 0 fully saturated rings. The lowest BCUT2D eigenvalue weighted by Crippen LogP contribution is -2.39. The van der Waals surface area contributed by atoms with E-state index in [9.17, 15) is 19.2 Å². The molecule has 4 N–H and O–H groups in total. The molecular weight excluding hydrogens is 548 g/mol. The Hall–Kier alpha value is -4.57. The van der Waals surface area contributed by atoms with Gasteiger partial charge in [0.1, 0.15) is 28.6 Å². The Morgan fingerprint density at radius 1 is 1.07 bits per heavy atom. The fourth-order valence-corrected chi connectivity index (χ4v) is 5.22. The third-order valence-electron chi connectivity index (χ3n) is 7.16. The molecule has 2 heterocycles. The maximum Gasteiger partial charge on any atom is 0.261 e. The summed E-state index contributed by atoms with van der Waals surface area (Å²) in [6, 6.07) is 11.0. The largest absolute Gasteiger partial charge is 0.497 e. The van der Waals surface area contributed by atoms with Crippen LogP contribution in [0.3, 0.4) is 0 Å². The van der Waals surface area contributed by atoms with E-state index in [1.807, 2.05) is 39.8 Å². The van der Waals surface area contributed by atoms with Gasteiger partial charge >= 0.3 is 0 Å². The molecule has 0 radical (unpaired) electrons. The van der Waals surface area contributed by atoms with Gasteiger partial charge in [0, 0.05) is 16.7 Å². The van der Waals surface area contributed by atoms with Gasteiger partial charge in [-0.25, -0.2) is 0 Å². The molecule has 212 valence electrons. The first-order valence-corrected chi connectivity index (χ1v) is 13.2. The maximum atomic E-state index is 13.8. The van der Waals surface area contributed by atoms with Crippen LogP contribution in [0.4, 0.5) is 22.7 Å². The number of rotatable bonds is 8. The molecule has 0 unspecified atom stereocenters. The van der Waals surface area contributed by atoms with E-state index in [1.165, 1.54) is 18.1 Å². The van der Waals surface area contributed by atoms with Gasteiger partial charge in [0.15, 0.2) is 0 Å². The first kappa shape index (κ1) is 28.0. The number of aryl methyl sites for hydroxylation is 1. The van der Waals surface area contributed by atoms with Crippen LogP contribution in [0.1, 0.15) is 64.6 Å². The van der Waals surface area contributed by atoms with Crippen LogP contribution < -0.4 is 36.9 Å². The smallest absolute Gasteiger partial charge is 0.261 e. The Labute approximate surface area is 240 Å².